The lowest BCUT2D eigenvalue weighted by atomic mass is 9.74. The van der Waals surface area contributed by atoms with E-state index in [-0.39, 0.29) is 0 Å². The molecule has 20 heavy (non-hydrogen) atoms. The third-order valence-electron chi connectivity index (χ3n) is 4.96. The lowest BCUT2D eigenvalue weighted by molar-refractivity contribution is 0.284. The minimum absolute atomic E-state index is 0.614. The van der Waals surface area contributed by atoms with Crippen molar-refractivity contribution in [1.82, 2.24) is 5.32 Å². The Kier molecular flexibility index (Phi) is 4.16. The van der Waals surface area contributed by atoms with E-state index >= 15 is 0 Å². The Bertz CT molecular complexity index is 466. The van der Waals surface area contributed by atoms with Crippen LogP contribution in [0, 0.1) is 5.92 Å². The maximum absolute atomic E-state index is 5.57. The summed E-state index contributed by atoms with van der Waals surface area (Å²) in [7, 11) is 3.48. The van der Waals surface area contributed by atoms with Gasteiger partial charge in [0.15, 0.2) is 0 Å². The van der Waals surface area contributed by atoms with E-state index in [0.29, 0.717) is 5.92 Å². The molecule has 0 radical (unpaired) electrons. The summed E-state index contributed by atoms with van der Waals surface area (Å²) < 4.78 is 11.0. The standard InChI is InChI=1S/C17H25NO2/c1-19-13-8-14-15(12-6-4-3-5-7-12)10-18-11-16(14)17(9-13)20-2/h8-9,12,15,18H,3-7,10-11H2,1-2H3. The molecule has 1 aromatic rings. The highest BCUT2D eigenvalue weighted by molar-refractivity contribution is 5.49. The maximum atomic E-state index is 5.57. The highest BCUT2D eigenvalue weighted by atomic mass is 16.5. The number of rotatable bonds is 3. The number of hydrogen-bond acceptors (Lipinski definition) is 3. The predicted octanol–water partition coefficient (Wildman–Crippen LogP) is 3.47. The van der Waals surface area contributed by atoms with Gasteiger partial charge in [-0.3, -0.25) is 0 Å². The smallest absolute Gasteiger partial charge is 0.127 e. The summed E-state index contributed by atoms with van der Waals surface area (Å²) in [4.78, 5) is 0. The van der Waals surface area contributed by atoms with E-state index in [1.165, 1.54) is 43.2 Å². The van der Waals surface area contributed by atoms with Crippen molar-refractivity contribution in [2.45, 2.75) is 44.6 Å². The number of fused-ring (bicyclic) bond motifs is 1. The van der Waals surface area contributed by atoms with Crippen LogP contribution in [0.2, 0.25) is 0 Å². The molecule has 3 rings (SSSR count). The predicted molar refractivity (Wildman–Crippen MR) is 80.6 cm³/mol. The van der Waals surface area contributed by atoms with Crippen LogP contribution in [-0.2, 0) is 6.54 Å². The number of benzene rings is 1. The molecule has 1 aliphatic heterocycles. The molecular formula is C17H25NO2. The van der Waals surface area contributed by atoms with Crippen LogP contribution in [0.25, 0.3) is 0 Å². The van der Waals surface area contributed by atoms with Crippen molar-refractivity contribution in [3.8, 4) is 11.5 Å². The average molecular weight is 275 g/mol. The lowest BCUT2D eigenvalue weighted by Gasteiger charge is -2.35. The van der Waals surface area contributed by atoms with Gasteiger partial charge in [0.05, 0.1) is 14.2 Å². The van der Waals surface area contributed by atoms with Crippen LogP contribution in [-0.4, -0.2) is 20.8 Å². The maximum Gasteiger partial charge on any atom is 0.127 e. The van der Waals surface area contributed by atoms with Crippen LogP contribution < -0.4 is 14.8 Å². The fraction of sp³-hybridized carbons (Fsp3) is 0.647. The van der Waals surface area contributed by atoms with Crippen LogP contribution >= 0.6 is 0 Å². The van der Waals surface area contributed by atoms with Gasteiger partial charge in [-0.2, -0.15) is 0 Å². The van der Waals surface area contributed by atoms with Crippen molar-refractivity contribution in [2.75, 3.05) is 20.8 Å². The van der Waals surface area contributed by atoms with Crippen molar-refractivity contribution < 1.29 is 9.47 Å². The van der Waals surface area contributed by atoms with Gasteiger partial charge >= 0.3 is 0 Å². The normalized spacial score (nSPS) is 23.2. The molecule has 0 saturated heterocycles. The Morgan fingerprint density at radius 1 is 1.05 bits per heavy atom. The molecule has 3 heteroatoms. The van der Waals surface area contributed by atoms with Gasteiger partial charge in [0.25, 0.3) is 0 Å². The van der Waals surface area contributed by atoms with Gasteiger partial charge in [-0.1, -0.05) is 19.3 Å². The summed E-state index contributed by atoms with van der Waals surface area (Å²) in [5.74, 6) is 3.31. The third kappa shape index (κ3) is 2.51. The minimum Gasteiger partial charge on any atom is -0.497 e. The monoisotopic (exact) mass is 275 g/mol. The summed E-state index contributed by atoms with van der Waals surface area (Å²) in [6.07, 6.45) is 6.91. The number of hydrogen-bond donors (Lipinski definition) is 1. The summed E-state index contributed by atoms with van der Waals surface area (Å²) in [6.45, 7) is 2.00. The Hall–Kier alpha value is -1.22. The van der Waals surface area contributed by atoms with E-state index in [2.05, 4.69) is 11.4 Å². The van der Waals surface area contributed by atoms with E-state index in [4.69, 9.17) is 9.47 Å². The molecule has 0 bridgehead atoms. The van der Waals surface area contributed by atoms with Gasteiger partial charge in [0.1, 0.15) is 11.5 Å². The van der Waals surface area contributed by atoms with Gasteiger partial charge in [-0.25, -0.2) is 0 Å². The van der Waals surface area contributed by atoms with Gasteiger partial charge in [0.2, 0.25) is 0 Å². The lowest BCUT2D eigenvalue weighted by Crippen LogP contribution is -2.33. The molecule has 1 saturated carbocycles. The van der Waals surface area contributed by atoms with E-state index in [0.717, 1.165) is 30.5 Å². The molecule has 1 aromatic carbocycles. The zero-order chi connectivity index (χ0) is 13.9. The first-order valence-corrected chi connectivity index (χ1v) is 7.79. The number of methoxy groups -OCH3 is 2. The molecule has 1 heterocycles. The zero-order valence-corrected chi connectivity index (χ0v) is 12.6. The average Bonchev–Trinajstić information content (AvgIpc) is 2.54. The minimum atomic E-state index is 0.614. The largest absolute Gasteiger partial charge is 0.497 e. The molecule has 3 nitrogen and oxygen atoms in total. The highest BCUT2D eigenvalue weighted by Crippen LogP contribution is 2.42. The van der Waals surface area contributed by atoms with Crippen molar-refractivity contribution >= 4 is 0 Å². The summed E-state index contributed by atoms with van der Waals surface area (Å²) in [5.41, 5.74) is 2.78. The van der Waals surface area contributed by atoms with Crippen LogP contribution in [0.15, 0.2) is 12.1 Å². The molecule has 1 atom stereocenters. The van der Waals surface area contributed by atoms with Crippen molar-refractivity contribution in [3.05, 3.63) is 23.3 Å². The van der Waals surface area contributed by atoms with Crippen molar-refractivity contribution in [1.29, 1.82) is 0 Å². The number of nitrogens with one attached hydrogen (secondary N) is 1. The van der Waals surface area contributed by atoms with Crippen LogP contribution in [0.4, 0.5) is 0 Å². The first-order chi connectivity index (χ1) is 9.83. The van der Waals surface area contributed by atoms with E-state index in [9.17, 15) is 0 Å². The molecule has 1 aliphatic carbocycles. The Labute approximate surface area is 121 Å². The number of ether oxygens (including phenoxy) is 2. The SMILES string of the molecule is COc1cc(OC)c2c(c1)C(C1CCCCC1)CNC2. The van der Waals surface area contributed by atoms with Gasteiger partial charge in [-0.05, 0) is 36.3 Å². The van der Waals surface area contributed by atoms with E-state index < -0.39 is 0 Å². The summed E-state index contributed by atoms with van der Waals surface area (Å²) in [6, 6.07) is 4.24. The molecule has 110 valence electrons. The molecule has 0 amide bonds. The molecule has 1 N–H and O–H groups in total. The second-order valence-electron chi connectivity index (χ2n) is 6.03. The van der Waals surface area contributed by atoms with Gasteiger partial charge in [-0.15, -0.1) is 0 Å². The van der Waals surface area contributed by atoms with Gasteiger partial charge in [0, 0.05) is 24.7 Å². The zero-order valence-electron chi connectivity index (χ0n) is 12.6. The van der Waals surface area contributed by atoms with Crippen LogP contribution in [0.1, 0.15) is 49.1 Å². The second kappa shape index (κ2) is 6.04. The second-order valence-corrected chi connectivity index (χ2v) is 6.03. The fourth-order valence-corrected chi connectivity index (χ4v) is 3.88. The molecule has 0 aromatic heterocycles. The van der Waals surface area contributed by atoms with E-state index in [1.807, 2.05) is 6.07 Å². The molecule has 1 fully saturated rings. The molecule has 1 unspecified atom stereocenters. The van der Waals surface area contributed by atoms with Crippen LogP contribution in [0.3, 0.4) is 0 Å². The first kappa shape index (κ1) is 13.7. The Balaban J connectivity index is 1.97. The molecule has 0 spiro atoms. The quantitative estimate of drug-likeness (QED) is 0.916. The third-order valence-corrected chi connectivity index (χ3v) is 4.96. The molecule has 2 aliphatic rings. The van der Waals surface area contributed by atoms with E-state index in [1.54, 1.807) is 14.2 Å². The summed E-state index contributed by atoms with van der Waals surface area (Å²) >= 11 is 0. The Morgan fingerprint density at radius 3 is 2.55 bits per heavy atom. The summed E-state index contributed by atoms with van der Waals surface area (Å²) in [5, 5.41) is 3.58. The van der Waals surface area contributed by atoms with Crippen molar-refractivity contribution in [3.63, 3.8) is 0 Å². The molecular weight excluding hydrogens is 250 g/mol. The topological polar surface area (TPSA) is 30.5 Å². The van der Waals surface area contributed by atoms with Gasteiger partial charge < -0.3 is 14.8 Å². The highest BCUT2D eigenvalue weighted by Gasteiger charge is 2.30. The fourth-order valence-electron chi connectivity index (χ4n) is 3.88. The first-order valence-electron chi connectivity index (χ1n) is 7.79. The Morgan fingerprint density at radius 2 is 1.85 bits per heavy atom. The van der Waals surface area contributed by atoms with Crippen molar-refractivity contribution in [2.24, 2.45) is 5.92 Å². The van der Waals surface area contributed by atoms with Crippen LogP contribution in [0.5, 0.6) is 11.5 Å².